The number of aliphatic hydroxyl groups excluding tert-OH is 1. The fourth-order valence-corrected chi connectivity index (χ4v) is 5.65. The first-order chi connectivity index (χ1) is 19.2. The van der Waals surface area contributed by atoms with Crippen LogP contribution in [0.15, 0.2) is 58.5 Å². The average molecular weight is 590 g/mol. The van der Waals surface area contributed by atoms with Gasteiger partial charge in [-0.3, -0.25) is 0 Å². The molecule has 0 aliphatic rings. The molecule has 0 heterocycles. The Bertz CT molecular complexity index is 1290. The van der Waals surface area contributed by atoms with Gasteiger partial charge in [-0.2, -0.15) is 0 Å². The van der Waals surface area contributed by atoms with Crippen LogP contribution < -0.4 is 14.8 Å². The van der Waals surface area contributed by atoms with Crippen LogP contribution in [0.25, 0.3) is 10.4 Å². The van der Waals surface area contributed by atoms with Crippen molar-refractivity contribution in [3.05, 3.63) is 70.1 Å². The number of nitrogens with zero attached hydrogens (tertiary/aromatic N) is 3. The average Bonchev–Trinajstić information content (AvgIpc) is 2.88. The molecule has 41 heavy (non-hydrogen) atoms. The Morgan fingerprint density at radius 3 is 2.41 bits per heavy atom. The molecule has 226 valence electrons. The first-order valence-electron chi connectivity index (χ1n) is 13.5. The SMILES string of the molecule is COc1ccc(S(=O)(=O)NC[C@@H](O)[C@H](Cc2ccccc2)NC(=O)OC(C)(C)C)c(CC(C)(C)CCCN=[N+]=[N-])c1. The minimum atomic E-state index is -4.05. The molecule has 12 heteroatoms. The fourth-order valence-electron chi connectivity index (χ4n) is 4.39. The number of carbonyl (C=O) groups is 1. The van der Waals surface area contributed by atoms with E-state index in [1.165, 1.54) is 13.2 Å². The van der Waals surface area contributed by atoms with E-state index in [9.17, 15) is 18.3 Å². The fraction of sp³-hybridized carbons (Fsp3) is 0.552. The summed E-state index contributed by atoms with van der Waals surface area (Å²) >= 11 is 0. The molecule has 1 amide bonds. The zero-order chi connectivity index (χ0) is 30.7. The number of benzene rings is 2. The van der Waals surface area contributed by atoms with Crippen LogP contribution in [0, 0.1) is 5.41 Å². The Hall–Kier alpha value is -3.31. The molecule has 11 nitrogen and oxygen atoms in total. The normalized spacial score (nSPS) is 13.5. The summed E-state index contributed by atoms with van der Waals surface area (Å²) in [6, 6.07) is 13.2. The van der Waals surface area contributed by atoms with Gasteiger partial charge in [-0.25, -0.2) is 17.9 Å². The van der Waals surface area contributed by atoms with Gasteiger partial charge in [-0.05, 0) is 86.7 Å². The Kier molecular flexibility index (Phi) is 12.5. The van der Waals surface area contributed by atoms with Crippen LogP contribution in [-0.4, -0.2) is 57.6 Å². The first kappa shape index (κ1) is 33.9. The molecule has 2 atom stereocenters. The van der Waals surface area contributed by atoms with Crippen LogP contribution in [0.3, 0.4) is 0 Å². The van der Waals surface area contributed by atoms with E-state index in [0.717, 1.165) is 5.56 Å². The third-order valence-electron chi connectivity index (χ3n) is 6.35. The summed E-state index contributed by atoms with van der Waals surface area (Å²) in [6.45, 7) is 9.27. The molecule has 0 saturated carbocycles. The van der Waals surface area contributed by atoms with Crippen molar-refractivity contribution in [2.45, 2.75) is 82.9 Å². The van der Waals surface area contributed by atoms with Crippen LogP contribution >= 0.6 is 0 Å². The third-order valence-corrected chi connectivity index (χ3v) is 7.87. The van der Waals surface area contributed by atoms with Crippen LogP contribution in [0.1, 0.15) is 58.6 Å². The number of hydrogen-bond donors (Lipinski definition) is 3. The van der Waals surface area contributed by atoms with E-state index in [0.29, 0.717) is 37.1 Å². The van der Waals surface area contributed by atoms with Gasteiger partial charge >= 0.3 is 6.09 Å². The molecule has 0 bridgehead atoms. The van der Waals surface area contributed by atoms with E-state index in [2.05, 4.69) is 20.1 Å². The Morgan fingerprint density at radius 1 is 1.12 bits per heavy atom. The lowest BCUT2D eigenvalue weighted by atomic mass is 9.81. The van der Waals surface area contributed by atoms with Crippen molar-refractivity contribution in [2.75, 3.05) is 20.2 Å². The van der Waals surface area contributed by atoms with Crippen LogP contribution in [-0.2, 0) is 27.6 Å². The van der Waals surface area contributed by atoms with Gasteiger partial charge in [0, 0.05) is 18.0 Å². The Morgan fingerprint density at radius 2 is 1.80 bits per heavy atom. The molecule has 2 rings (SSSR count). The topological polar surface area (TPSA) is 163 Å². The lowest BCUT2D eigenvalue weighted by molar-refractivity contribution is 0.0427. The molecule has 2 aromatic rings. The van der Waals surface area contributed by atoms with E-state index in [4.69, 9.17) is 15.0 Å². The van der Waals surface area contributed by atoms with Crippen molar-refractivity contribution >= 4 is 16.1 Å². The van der Waals surface area contributed by atoms with E-state index in [1.54, 1.807) is 32.9 Å². The number of ether oxygens (including phenoxy) is 2. The van der Waals surface area contributed by atoms with Gasteiger partial charge in [0.25, 0.3) is 0 Å². The van der Waals surface area contributed by atoms with Crippen molar-refractivity contribution < 1.29 is 27.8 Å². The Balaban J connectivity index is 2.24. The van der Waals surface area contributed by atoms with Gasteiger partial charge < -0.3 is 19.9 Å². The summed E-state index contributed by atoms with van der Waals surface area (Å²) in [5.74, 6) is 0.522. The predicted octanol–water partition coefficient (Wildman–Crippen LogP) is 5.13. The highest BCUT2D eigenvalue weighted by Crippen LogP contribution is 2.32. The second-order valence-electron chi connectivity index (χ2n) is 11.7. The molecule has 0 saturated heterocycles. The largest absolute Gasteiger partial charge is 0.497 e. The summed E-state index contributed by atoms with van der Waals surface area (Å²) in [6.07, 6.45) is 0.112. The van der Waals surface area contributed by atoms with Crippen LogP contribution in [0.2, 0.25) is 0 Å². The smallest absolute Gasteiger partial charge is 0.407 e. The minimum Gasteiger partial charge on any atom is -0.497 e. The van der Waals surface area contributed by atoms with Crippen molar-refractivity contribution in [3.63, 3.8) is 0 Å². The number of methoxy groups -OCH3 is 1. The number of nitrogens with one attached hydrogen (secondary N) is 2. The minimum absolute atomic E-state index is 0.0772. The molecule has 0 spiro atoms. The number of sulfonamides is 1. The van der Waals surface area contributed by atoms with Gasteiger partial charge in [0.15, 0.2) is 0 Å². The second-order valence-corrected chi connectivity index (χ2v) is 13.5. The quantitative estimate of drug-likeness (QED) is 0.113. The highest BCUT2D eigenvalue weighted by atomic mass is 32.2. The van der Waals surface area contributed by atoms with Crippen molar-refractivity contribution in [2.24, 2.45) is 10.5 Å². The second kappa shape index (κ2) is 15.1. The molecule has 0 aliphatic carbocycles. The number of hydrogen-bond acceptors (Lipinski definition) is 7. The maximum atomic E-state index is 13.5. The van der Waals surface area contributed by atoms with Crippen molar-refractivity contribution in [1.82, 2.24) is 10.0 Å². The number of azide groups is 1. The zero-order valence-electron chi connectivity index (χ0n) is 24.8. The number of carbonyl (C=O) groups excluding carboxylic acids is 1. The number of alkyl carbamates (subject to hydrolysis) is 1. The van der Waals surface area contributed by atoms with E-state index in [1.807, 2.05) is 44.2 Å². The summed E-state index contributed by atoms with van der Waals surface area (Å²) in [5, 5.41) is 17.3. The molecule has 0 radical (unpaired) electrons. The number of rotatable bonds is 15. The summed E-state index contributed by atoms with van der Waals surface area (Å²) in [5.41, 5.74) is 8.91. The van der Waals surface area contributed by atoms with Crippen LogP contribution in [0.5, 0.6) is 5.75 Å². The molecular weight excluding hydrogens is 546 g/mol. The van der Waals surface area contributed by atoms with Crippen molar-refractivity contribution in [1.29, 1.82) is 0 Å². The molecular formula is C29H43N5O6S. The Labute approximate surface area is 243 Å². The maximum Gasteiger partial charge on any atom is 0.407 e. The lowest BCUT2D eigenvalue weighted by Gasteiger charge is -2.28. The highest BCUT2D eigenvalue weighted by molar-refractivity contribution is 7.89. The zero-order valence-corrected chi connectivity index (χ0v) is 25.6. The monoisotopic (exact) mass is 589 g/mol. The lowest BCUT2D eigenvalue weighted by Crippen LogP contribution is -2.50. The number of aliphatic hydroxyl groups is 1. The van der Waals surface area contributed by atoms with Gasteiger partial charge in [0.2, 0.25) is 10.0 Å². The van der Waals surface area contributed by atoms with Gasteiger partial charge in [0.1, 0.15) is 11.4 Å². The predicted molar refractivity (Wildman–Crippen MR) is 158 cm³/mol. The van der Waals surface area contributed by atoms with Gasteiger partial charge in [-0.1, -0.05) is 49.3 Å². The number of amides is 1. The summed E-state index contributed by atoms with van der Waals surface area (Å²) in [7, 11) is -2.54. The summed E-state index contributed by atoms with van der Waals surface area (Å²) < 4.78 is 40.2. The van der Waals surface area contributed by atoms with Crippen molar-refractivity contribution in [3.8, 4) is 5.75 Å². The van der Waals surface area contributed by atoms with Gasteiger partial charge in [-0.15, -0.1) is 0 Å². The van der Waals surface area contributed by atoms with Crippen LogP contribution in [0.4, 0.5) is 4.79 Å². The summed E-state index contributed by atoms with van der Waals surface area (Å²) in [4.78, 5) is 15.4. The van der Waals surface area contributed by atoms with E-state index < -0.39 is 33.9 Å². The molecule has 0 aromatic heterocycles. The maximum absolute atomic E-state index is 13.5. The van der Waals surface area contributed by atoms with E-state index >= 15 is 0 Å². The molecule has 0 fully saturated rings. The molecule has 3 N–H and O–H groups in total. The third kappa shape index (κ3) is 12.0. The highest BCUT2D eigenvalue weighted by Gasteiger charge is 2.29. The molecule has 0 aliphatic heterocycles. The molecule has 0 unspecified atom stereocenters. The van der Waals surface area contributed by atoms with E-state index in [-0.39, 0.29) is 23.3 Å². The molecule has 2 aromatic carbocycles. The van der Waals surface area contributed by atoms with Gasteiger partial charge in [0.05, 0.1) is 24.2 Å². The standard InChI is InChI=1S/C29H43N5O6S/c1-28(2,3)40-27(36)33-24(17-21-11-8-7-9-12-21)25(35)20-32-41(37,38)26-14-13-23(39-6)18-22(26)19-29(4,5)15-10-16-31-34-30/h7-9,11-14,18,24-25,32,35H,10,15-17,19-20H2,1-6H3,(H,33,36)/t24-,25+/m0/s1. The first-order valence-corrected chi connectivity index (χ1v) is 15.0.